The van der Waals surface area contributed by atoms with Crippen molar-refractivity contribution in [2.75, 3.05) is 0 Å². The third-order valence-corrected chi connectivity index (χ3v) is 3.83. The van der Waals surface area contributed by atoms with Gasteiger partial charge in [0, 0.05) is 23.5 Å². The van der Waals surface area contributed by atoms with Gasteiger partial charge in [0.05, 0.1) is 17.8 Å². The molecule has 114 valence electrons. The number of nitrogens with zero attached hydrogens (tertiary/aromatic N) is 1. The van der Waals surface area contributed by atoms with Crippen LogP contribution in [0.15, 0.2) is 29.0 Å². The van der Waals surface area contributed by atoms with Crippen LogP contribution in [-0.2, 0) is 6.54 Å². The van der Waals surface area contributed by atoms with Crippen molar-refractivity contribution < 1.29 is 14.3 Å². The molecule has 2 unspecified atom stereocenters. The Morgan fingerprint density at radius 2 is 2.38 bits per heavy atom. The molecule has 0 saturated heterocycles. The van der Waals surface area contributed by atoms with Crippen LogP contribution in [0.1, 0.15) is 35.1 Å². The smallest absolute Gasteiger partial charge is 0.315 e. The van der Waals surface area contributed by atoms with Gasteiger partial charge in [-0.1, -0.05) is 0 Å². The minimum absolute atomic E-state index is 0.173. The molecular formula is C14H19N3O3S. The van der Waals surface area contributed by atoms with Gasteiger partial charge in [-0.15, -0.1) is 11.3 Å². The third-order valence-electron chi connectivity index (χ3n) is 2.92. The normalized spacial score (nSPS) is 13.7. The van der Waals surface area contributed by atoms with Gasteiger partial charge < -0.3 is 20.2 Å². The molecule has 0 saturated carbocycles. The number of carbonyl (C=O) groups excluding carboxylic acids is 1. The topological polar surface area (TPSA) is 87.4 Å². The van der Waals surface area contributed by atoms with Crippen LogP contribution in [0.3, 0.4) is 0 Å². The van der Waals surface area contributed by atoms with Crippen LogP contribution in [0.2, 0.25) is 0 Å². The Morgan fingerprint density at radius 3 is 3.00 bits per heavy atom. The Bertz CT molecular complexity index is 568. The molecule has 2 aromatic rings. The zero-order chi connectivity index (χ0) is 15.2. The summed E-state index contributed by atoms with van der Waals surface area (Å²) in [4.78, 5) is 16.9. The lowest BCUT2D eigenvalue weighted by Gasteiger charge is -2.17. The molecule has 2 heterocycles. The number of thiazole rings is 1. The summed E-state index contributed by atoms with van der Waals surface area (Å²) < 4.78 is 5.12. The van der Waals surface area contributed by atoms with Gasteiger partial charge in [0.25, 0.3) is 0 Å². The van der Waals surface area contributed by atoms with E-state index in [9.17, 15) is 9.90 Å². The molecule has 0 bridgehead atoms. The number of carbonyl (C=O) groups is 1. The van der Waals surface area contributed by atoms with E-state index >= 15 is 0 Å². The summed E-state index contributed by atoms with van der Waals surface area (Å²) in [6, 6.07) is 3.00. The average molecular weight is 309 g/mol. The van der Waals surface area contributed by atoms with Gasteiger partial charge in [-0.2, -0.15) is 0 Å². The van der Waals surface area contributed by atoms with Crippen LogP contribution in [-0.4, -0.2) is 22.2 Å². The first kappa shape index (κ1) is 15.5. The molecule has 0 radical (unpaired) electrons. The molecule has 2 amide bonds. The van der Waals surface area contributed by atoms with Gasteiger partial charge in [-0.3, -0.25) is 0 Å². The van der Waals surface area contributed by atoms with E-state index in [1.807, 2.05) is 13.8 Å². The first-order chi connectivity index (χ1) is 10.0. The predicted molar refractivity (Wildman–Crippen MR) is 80.0 cm³/mol. The molecule has 3 N–H and O–H groups in total. The molecule has 0 aliphatic rings. The Kier molecular flexibility index (Phi) is 5.35. The Labute approximate surface area is 127 Å². The summed E-state index contributed by atoms with van der Waals surface area (Å²) in [5.74, 6) is 0.504. The van der Waals surface area contributed by atoms with Crippen molar-refractivity contribution in [1.29, 1.82) is 0 Å². The maximum Gasteiger partial charge on any atom is 0.315 e. The standard InChI is InChI=1S/C14H19N3O3S/c1-9(6-12(18)13-4-3-5-20-13)17-14(19)16-8-11-7-15-10(2)21-11/h3-5,7,9,12,18H,6,8H2,1-2H3,(H2,16,17,19). The second kappa shape index (κ2) is 7.24. The monoisotopic (exact) mass is 309 g/mol. The van der Waals surface area contributed by atoms with Gasteiger partial charge in [0.2, 0.25) is 0 Å². The van der Waals surface area contributed by atoms with Gasteiger partial charge in [0.1, 0.15) is 11.9 Å². The van der Waals surface area contributed by atoms with Gasteiger partial charge >= 0.3 is 6.03 Å². The van der Waals surface area contributed by atoms with Crippen molar-refractivity contribution in [3.05, 3.63) is 40.2 Å². The van der Waals surface area contributed by atoms with Crippen LogP contribution < -0.4 is 10.6 Å². The summed E-state index contributed by atoms with van der Waals surface area (Å²) in [5, 5.41) is 16.5. The molecule has 7 heteroatoms. The Hall–Kier alpha value is -1.86. The molecule has 0 aliphatic carbocycles. The van der Waals surface area contributed by atoms with E-state index in [1.165, 1.54) is 6.26 Å². The highest BCUT2D eigenvalue weighted by Crippen LogP contribution is 2.18. The van der Waals surface area contributed by atoms with E-state index in [4.69, 9.17) is 4.42 Å². The first-order valence-electron chi connectivity index (χ1n) is 6.71. The largest absolute Gasteiger partial charge is 0.467 e. The van der Waals surface area contributed by atoms with Crippen molar-refractivity contribution >= 4 is 17.4 Å². The molecule has 2 rings (SSSR count). The molecule has 6 nitrogen and oxygen atoms in total. The molecule has 2 atom stereocenters. The number of aryl methyl sites for hydroxylation is 1. The second-order valence-corrected chi connectivity index (χ2v) is 6.16. The number of furan rings is 1. The van der Waals surface area contributed by atoms with E-state index in [0.29, 0.717) is 18.7 Å². The zero-order valence-electron chi connectivity index (χ0n) is 12.0. The van der Waals surface area contributed by atoms with Gasteiger partial charge in [0.15, 0.2) is 0 Å². The van der Waals surface area contributed by atoms with Crippen molar-refractivity contribution in [3.63, 3.8) is 0 Å². The number of hydrogen-bond donors (Lipinski definition) is 3. The molecule has 0 aliphatic heterocycles. The van der Waals surface area contributed by atoms with Crippen molar-refractivity contribution in [1.82, 2.24) is 15.6 Å². The maximum absolute atomic E-state index is 11.8. The van der Waals surface area contributed by atoms with Crippen LogP contribution in [0, 0.1) is 6.92 Å². The number of nitrogens with one attached hydrogen (secondary N) is 2. The number of rotatable bonds is 6. The Balaban J connectivity index is 1.71. The predicted octanol–water partition coefficient (Wildman–Crippen LogP) is 2.36. The van der Waals surface area contributed by atoms with E-state index < -0.39 is 6.10 Å². The van der Waals surface area contributed by atoms with Crippen molar-refractivity contribution in [2.24, 2.45) is 0 Å². The van der Waals surface area contributed by atoms with E-state index in [-0.39, 0.29) is 12.1 Å². The lowest BCUT2D eigenvalue weighted by atomic mass is 10.1. The van der Waals surface area contributed by atoms with Crippen LogP contribution in [0.5, 0.6) is 0 Å². The second-order valence-electron chi connectivity index (χ2n) is 4.84. The lowest BCUT2D eigenvalue weighted by Crippen LogP contribution is -2.40. The molecule has 0 spiro atoms. The zero-order valence-corrected chi connectivity index (χ0v) is 12.8. The average Bonchev–Trinajstić information content (AvgIpc) is 3.07. The molecular weight excluding hydrogens is 290 g/mol. The number of urea groups is 1. The van der Waals surface area contributed by atoms with E-state index in [2.05, 4.69) is 15.6 Å². The number of aromatic nitrogens is 1. The van der Waals surface area contributed by atoms with Crippen molar-refractivity contribution in [2.45, 2.75) is 39.0 Å². The number of aliphatic hydroxyl groups excluding tert-OH is 1. The number of hydrogen-bond acceptors (Lipinski definition) is 5. The number of aliphatic hydroxyl groups is 1. The van der Waals surface area contributed by atoms with Crippen molar-refractivity contribution in [3.8, 4) is 0 Å². The molecule has 2 aromatic heterocycles. The highest BCUT2D eigenvalue weighted by molar-refractivity contribution is 7.11. The first-order valence-corrected chi connectivity index (χ1v) is 7.53. The molecule has 0 fully saturated rings. The van der Waals surface area contributed by atoms with Crippen LogP contribution >= 0.6 is 11.3 Å². The summed E-state index contributed by atoms with van der Waals surface area (Å²) in [6.45, 7) is 4.21. The number of amides is 2. The fourth-order valence-corrected chi connectivity index (χ4v) is 2.65. The van der Waals surface area contributed by atoms with Gasteiger partial charge in [-0.05, 0) is 26.0 Å². The van der Waals surface area contributed by atoms with Gasteiger partial charge in [-0.25, -0.2) is 9.78 Å². The fourth-order valence-electron chi connectivity index (χ4n) is 1.92. The van der Waals surface area contributed by atoms with E-state index in [1.54, 1.807) is 29.7 Å². The minimum atomic E-state index is -0.723. The summed E-state index contributed by atoms with van der Waals surface area (Å²) in [5.41, 5.74) is 0. The SMILES string of the molecule is Cc1ncc(CNC(=O)NC(C)CC(O)c2ccco2)s1. The fraction of sp³-hybridized carbons (Fsp3) is 0.429. The van der Waals surface area contributed by atoms with E-state index in [0.717, 1.165) is 9.88 Å². The Morgan fingerprint density at radius 1 is 1.57 bits per heavy atom. The molecule has 0 aromatic carbocycles. The quantitative estimate of drug-likeness (QED) is 0.764. The third kappa shape index (κ3) is 4.87. The van der Waals surface area contributed by atoms with Crippen LogP contribution in [0.25, 0.3) is 0 Å². The summed E-state index contributed by atoms with van der Waals surface area (Å²) in [7, 11) is 0. The van der Waals surface area contributed by atoms with Crippen LogP contribution in [0.4, 0.5) is 4.79 Å². The maximum atomic E-state index is 11.8. The lowest BCUT2D eigenvalue weighted by molar-refractivity contribution is 0.129. The summed E-state index contributed by atoms with van der Waals surface area (Å²) >= 11 is 1.55. The minimum Gasteiger partial charge on any atom is -0.467 e. The summed E-state index contributed by atoms with van der Waals surface area (Å²) in [6.07, 6.45) is 2.94. The highest BCUT2D eigenvalue weighted by atomic mass is 32.1. The molecule has 21 heavy (non-hydrogen) atoms. The highest BCUT2D eigenvalue weighted by Gasteiger charge is 2.16.